The molecule has 0 radical (unpaired) electrons. The Labute approximate surface area is 102 Å². The van der Waals surface area contributed by atoms with Crippen LogP contribution in [0.3, 0.4) is 0 Å². The summed E-state index contributed by atoms with van der Waals surface area (Å²) in [5.41, 5.74) is 2.68. The topological polar surface area (TPSA) is 57.8 Å². The standard InChI is InChI=1S/C13H21N3O/c1-8-11(9(2)16-15-8)12(17)14-10-5-6-13(3,4)7-10/h10H,5-7H2,1-4H3,(H,14,17)(H,15,16). The second-order valence-electron chi connectivity index (χ2n) is 5.89. The van der Waals surface area contributed by atoms with Crippen molar-refractivity contribution in [3.05, 3.63) is 17.0 Å². The van der Waals surface area contributed by atoms with E-state index in [-0.39, 0.29) is 5.91 Å². The summed E-state index contributed by atoms with van der Waals surface area (Å²) in [5, 5.41) is 10.0. The molecule has 17 heavy (non-hydrogen) atoms. The minimum absolute atomic E-state index is 0.0106. The van der Waals surface area contributed by atoms with E-state index >= 15 is 0 Å². The van der Waals surface area contributed by atoms with Crippen LogP contribution in [0.25, 0.3) is 0 Å². The molecular formula is C13H21N3O. The summed E-state index contributed by atoms with van der Waals surface area (Å²) in [6, 6.07) is 0.311. The van der Waals surface area contributed by atoms with E-state index in [1.54, 1.807) is 0 Å². The lowest BCUT2D eigenvalue weighted by molar-refractivity contribution is 0.0935. The van der Waals surface area contributed by atoms with Gasteiger partial charge < -0.3 is 5.32 Å². The van der Waals surface area contributed by atoms with Gasteiger partial charge in [-0.25, -0.2) is 0 Å². The van der Waals surface area contributed by atoms with Gasteiger partial charge in [0, 0.05) is 11.7 Å². The van der Waals surface area contributed by atoms with E-state index < -0.39 is 0 Å². The zero-order valence-corrected chi connectivity index (χ0v) is 11.1. The zero-order valence-electron chi connectivity index (χ0n) is 11.1. The molecule has 2 rings (SSSR count). The molecule has 4 heteroatoms. The lowest BCUT2D eigenvalue weighted by Gasteiger charge is -2.17. The molecule has 1 heterocycles. The molecule has 2 N–H and O–H groups in total. The Morgan fingerprint density at radius 2 is 2.18 bits per heavy atom. The Bertz CT molecular complexity index is 414. The molecule has 1 fully saturated rings. The summed E-state index contributed by atoms with van der Waals surface area (Å²) >= 11 is 0. The molecule has 0 bridgehead atoms. The number of carbonyl (C=O) groups is 1. The molecule has 1 aliphatic carbocycles. The summed E-state index contributed by atoms with van der Waals surface area (Å²) < 4.78 is 0. The highest BCUT2D eigenvalue weighted by molar-refractivity contribution is 5.96. The monoisotopic (exact) mass is 235 g/mol. The summed E-state index contributed by atoms with van der Waals surface area (Å²) in [7, 11) is 0. The van der Waals surface area contributed by atoms with E-state index in [1.165, 1.54) is 6.42 Å². The van der Waals surface area contributed by atoms with Gasteiger partial charge in [-0.3, -0.25) is 9.89 Å². The Balaban J connectivity index is 2.04. The number of aryl methyl sites for hydroxylation is 2. The predicted molar refractivity (Wildman–Crippen MR) is 66.9 cm³/mol. The molecule has 0 saturated heterocycles. The number of nitrogens with one attached hydrogen (secondary N) is 2. The third-order valence-corrected chi connectivity index (χ3v) is 3.66. The highest BCUT2D eigenvalue weighted by Crippen LogP contribution is 2.37. The van der Waals surface area contributed by atoms with E-state index in [0.717, 1.165) is 24.2 Å². The summed E-state index contributed by atoms with van der Waals surface area (Å²) in [6.45, 7) is 8.26. The number of rotatable bonds is 2. The number of H-pyrrole nitrogens is 1. The van der Waals surface area contributed by atoms with Gasteiger partial charge in [-0.15, -0.1) is 0 Å². The van der Waals surface area contributed by atoms with Crippen molar-refractivity contribution < 1.29 is 4.79 Å². The number of amides is 1. The quantitative estimate of drug-likeness (QED) is 0.826. The lowest BCUT2D eigenvalue weighted by atomic mass is 9.92. The normalized spacial score (nSPS) is 22.7. The minimum Gasteiger partial charge on any atom is -0.349 e. The van der Waals surface area contributed by atoms with Gasteiger partial charge in [-0.05, 0) is 38.5 Å². The Hall–Kier alpha value is -1.32. The molecule has 1 unspecified atom stereocenters. The minimum atomic E-state index is 0.0106. The predicted octanol–water partition coefficient (Wildman–Crippen LogP) is 2.34. The third-order valence-electron chi connectivity index (χ3n) is 3.66. The number of nitrogens with zero attached hydrogens (tertiary/aromatic N) is 1. The van der Waals surface area contributed by atoms with Crippen LogP contribution in [0.15, 0.2) is 0 Å². The highest BCUT2D eigenvalue weighted by Gasteiger charge is 2.32. The van der Waals surface area contributed by atoms with E-state index in [2.05, 4.69) is 29.4 Å². The molecule has 4 nitrogen and oxygen atoms in total. The van der Waals surface area contributed by atoms with E-state index in [9.17, 15) is 4.79 Å². The van der Waals surface area contributed by atoms with Gasteiger partial charge in [0.2, 0.25) is 0 Å². The average Bonchev–Trinajstić information content (AvgIpc) is 2.70. The molecular weight excluding hydrogens is 214 g/mol. The van der Waals surface area contributed by atoms with Gasteiger partial charge in [0.25, 0.3) is 5.91 Å². The molecule has 1 amide bonds. The van der Waals surface area contributed by atoms with Crippen LogP contribution in [0.1, 0.15) is 54.9 Å². The first-order valence-corrected chi connectivity index (χ1v) is 6.21. The summed E-state index contributed by atoms with van der Waals surface area (Å²) in [6.07, 6.45) is 3.32. The van der Waals surface area contributed by atoms with Crippen molar-refractivity contribution in [2.75, 3.05) is 0 Å². The van der Waals surface area contributed by atoms with Gasteiger partial charge >= 0.3 is 0 Å². The molecule has 0 aromatic carbocycles. The lowest BCUT2D eigenvalue weighted by Crippen LogP contribution is -2.34. The van der Waals surface area contributed by atoms with Crippen molar-refractivity contribution in [2.45, 2.75) is 53.0 Å². The largest absolute Gasteiger partial charge is 0.349 e. The van der Waals surface area contributed by atoms with E-state index in [1.807, 2.05) is 13.8 Å². The van der Waals surface area contributed by atoms with Gasteiger partial charge in [0.1, 0.15) is 0 Å². The second-order valence-corrected chi connectivity index (χ2v) is 5.89. The first kappa shape index (κ1) is 12.1. The molecule has 1 aromatic rings. The van der Waals surface area contributed by atoms with Gasteiger partial charge in [-0.2, -0.15) is 5.10 Å². The van der Waals surface area contributed by atoms with Gasteiger partial charge in [0.15, 0.2) is 0 Å². The number of hydrogen-bond donors (Lipinski definition) is 2. The van der Waals surface area contributed by atoms with Crippen molar-refractivity contribution >= 4 is 5.91 Å². The maximum atomic E-state index is 12.1. The van der Waals surface area contributed by atoms with Crippen LogP contribution < -0.4 is 5.32 Å². The fourth-order valence-electron chi connectivity index (χ4n) is 2.70. The molecule has 1 saturated carbocycles. The van der Waals surface area contributed by atoms with Crippen LogP contribution in [-0.4, -0.2) is 22.1 Å². The van der Waals surface area contributed by atoms with Crippen LogP contribution in [0, 0.1) is 19.3 Å². The van der Waals surface area contributed by atoms with Crippen LogP contribution in [0.4, 0.5) is 0 Å². The first-order valence-electron chi connectivity index (χ1n) is 6.21. The van der Waals surface area contributed by atoms with E-state index in [0.29, 0.717) is 17.0 Å². The van der Waals surface area contributed by atoms with Crippen LogP contribution >= 0.6 is 0 Å². The molecule has 94 valence electrons. The van der Waals surface area contributed by atoms with Crippen LogP contribution in [0.2, 0.25) is 0 Å². The van der Waals surface area contributed by atoms with Crippen LogP contribution in [0.5, 0.6) is 0 Å². The second kappa shape index (κ2) is 4.17. The molecule has 1 aliphatic rings. The SMILES string of the molecule is Cc1n[nH]c(C)c1C(=O)NC1CCC(C)(C)C1. The number of aromatic amines is 1. The van der Waals surface area contributed by atoms with Crippen molar-refractivity contribution in [3.8, 4) is 0 Å². The number of carbonyl (C=O) groups excluding carboxylic acids is 1. The van der Waals surface area contributed by atoms with Crippen molar-refractivity contribution in [3.63, 3.8) is 0 Å². The first-order chi connectivity index (χ1) is 7.89. The van der Waals surface area contributed by atoms with Gasteiger partial charge in [0.05, 0.1) is 11.3 Å². The fraction of sp³-hybridized carbons (Fsp3) is 0.692. The van der Waals surface area contributed by atoms with Crippen molar-refractivity contribution in [1.82, 2.24) is 15.5 Å². The average molecular weight is 235 g/mol. The Morgan fingerprint density at radius 1 is 1.47 bits per heavy atom. The van der Waals surface area contributed by atoms with Crippen molar-refractivity contribution in [1.29, 1.82) is 0 Å². The maximum absolute atomic E-state index is 12.1. The van der Waals surface area contributed by atoms with Crippen LogP contribution in [-0.2, 0) is 0 Å². The molecule has 0 spiro atoms. The van der Waals surface area contributed by atoms with E-state index in [4.69, 9.17) is 0 Å². The van der Waals surface area contributed by atoms with Gasteiger partial charge in [-0.1, -0.05) is 13.8 Å². The fourth-order valence-corrected chi connectivity index (χ4v) is 2.70. The maximum Gasteiger partial charge on any atom is 0.255 e. The third kappa shape index (κ3) is 2.51. The Kier molecular flexibility index (Phi) is 2.98. The number of aromatic nitrogens is 2. The smallest absolute Gasteiger partial charge is 0.255 e. The molecule has 1 atom stereocenters. The number of hydrogen-bond acceptors (Lipinski definition) is 2. The molecule has 1 aromatic heterocycles. The molecule has 0 aliphatic heterocycles. The Morgan fingerprint density at radius 3 is 2.65 bits per heavy atom. The summed E-state index contributed by atoms with van der Waals surface area (Å²) in [5.74, 6) is 0.0106. The van der Waals surface area contributed by atoms with Crippen molar-refractivity contribution in [2.24, 2.45) is 5.41 Å². The summed E-state index contributed by atoms with van der Waals surface area (Å²) in [4.78, 5) is 12.1. The highest BCUT2D eigenvalue weighted by atomic mass is 16.1. The zero-order chi connectivity index (χ0) is 12.6.